The second-order valence-corrected chi connectivity index (χ2v) is 6.10. The lowest BCUT2D eigenvalue weighted by atomic mass is 10.1. The molecule has 0 heterocycles. The number of hydrogen-bond donors (Lipinski definition) is 1. The Labute approximate surface area is 112 Å². The summed E-state index contributed by atoms with van der Waals surface area (Å²) < 4.78 is 16.2. The molecule has 18 heavy (non-hydrogen) atoms. The Morgan fingerprint density at radius 3 is 2.61 bits per heavy atom. The maximum atomic E-state index is 11.0. The van der Waals surface area contributed by atoms with Gasteiger partial charge in [0.25, 0.3) is 0 Å². The topological polar surface area (TPSA) is 38.3 Å². The first-order valence-electron chi connectivity index (χ1n) is 6.22. The molecule has 3 nitrogen and oxygen atoms in total. The number of benzene rings is 1. The summed E-state index contributed by atoms with van der Waals surface area (Å²) >= 11 is 0. The molecule has 0 saturated carbocycles. The van der Waals surface area contributed by atoms with E-state index in [0.717, 1.165) is 18.7 Å². The summed E-state index contributed by atoms with van der Waals surface area (Å²) in [5.41, 5.74) is 2.49. The minimum atomic E-state index is -0.702. The molecule has 102 valence electrons. The Morgan fingerprint density at radius 2 is 2.00 bits per heavy atom. The zero-order valence-electron chi connectivity index (χ0n) is 11.4. The molecule has 4 heteroatoms. The van der Waals surface area contributed by atoms with E-state index in [1.807, 2.05) is 12.1 Å². The summed E-state index contributed by atoms with van der Waals surface area (Å²) in [6.07, 6.45) is 2.69. The third-order valence-electron chi connectivity index (χ3n) is 2.90. The molecule has 0 saturated heterocycles. The van der Waals surface area contributed by atoms with Gasteiger partial charge in [0.15, 0.2) is 0 Å². The Morgan fingerprint density at radius 1 is 1.33 bits per heavy atom. The molecule has 0 fully saturated rings. The monoisotopic (exact) mass is 269 g/mol. The average molecular weight is 269 g/mol. The minimum absolute atomic E-state index is 0.379. The SMILES string of the molecule is COCc1ccccc1CNC(C)CCS(C)=O. The smallest absolute Gasteiger partial charge is 0.0716 e. The van der Waals surface area contributed by atoms with E-state index >= 15 is 0 Å². The summed E-state index contributed by atoms with van der Waals surface area (Å²) in [6.45, 7) is 3.61. The molecule has 1 rings (SSSR count). The summed E-state index contributed by atoms with van der Waals surface area (Å²) in [5.74, 6) is 0.758. The van der Waals surface area contributed by atoms with E-state index in [2.05, 4.69) is 24.4 Å². The first kappa shape index (κ1) is 15.3. The summed E-state index contributed by atoms with van der Waals surface area (Å²) in [5, 5.41) is 3.46. The maximum Gasteiger partial charge on any atom is 0.0716 e. The van der Waals surface area contributed by atoms with E-state index in [-0.39, 0.29) is 0 Å². The van der Waals surface area contributed by atoms with Gasteiger partial charge in [-0.2, -0.15) is 0 Å². The third-order valence-corrected chi connectivity index (χ3v) is 3.71. The predicted molar refractivity (Wildman–Crippen MR) is 77.0 cm³/mol. The van der Waals surface area contributed by atoms with Gasteiger partial charge in [0, 0.05) is 42.5 Å². The van der Waals surface area contributed by atoms with Crippen molar-refractivity contribution >= 4 is 10.8 Å². The molecule has 0 aliphatic heterocycles. The largest absolute Gasteiger partial charge is 0.380 e. The molecule has 1 N–H and O–H groups in total. The van der Waals surface area contributed by atoms with Crippen LogP contribution in [0.3, 0.4) is 0 Å². The van der Waals surface area contributed by atoms with Gasteiger partial charge in [0.1, 0.15) is 0 Å². The number of ether oxygens (including phenoxy) is 1. The van der Waals surface area contributed by atoms with E-state index in [0.29, 0.717) is 12.6 Å². The molecule has 2 unspecified atom stereocenters. The Balaban J connectivity index is 2.44. The molecule has 2 atom stereocenters. The van der Waals surface area contributed by atoms with Crippen molar-refractivity contribution < 1.29 is 8.95 Å². The molecule has 0 bridgehead atoms. The minimum Gasteiger partial charge on any atom is -0.380 e. The van der Waals surface area contributed by atoms with Crippen molar-refractivity contribution in [3.63, 3.8) is 0 Å². The van der Waals surface area contributed by atoms with E-state index in [1.165, 1.54) is 11.1 Å². The van der Waals surface area contributed by atoms with Crippen molar-refractivity contribution in [1.82, 2.24) is 5.32 Å². The average Bonchev–Trinajstić information content (AvgIpc) is 2.35. The lowest BCUT2D eigenvalue weighted by Crippen LogP contribution is -2.27. The van der Waals surface area contributed by atoms with Crippen molar-refractivity contribution in [1.29, 1.82) is 0 Å². The molecule has 0 aromatic heterocycles. The molecule has 0 amide bonds. The maximum absolute atomic E-state index is 11.0. The molecule has 1 aromatic carbocycles. The number of nitrogens with one attached hydrogen (secondary N) is 1. The van der Waals surface area contributed by atoms with E-state index in [4.69, 9.17) is 4.74 Å². The van der Waals surface area contributed by atoms with Crippen LogP contribution in [0.4, 0.5) is 0 Å². The van der Waals surface area contributed by atoms with Crippen LogP contribution in [-0.4, -0.2) is 29.4 Å². The highest BCUT2D eigenvalue weighted by atomic mass is 32.2. The third kappa shape index (κ3) is 5.76. The normalized spacial score (nSPS) is 14.4. The number of hydrogen-bond acceptors (Lipinski definition) is 3. The first-order chi connectivity index (χ1) is 8.63. The van der Waals surface area contributed by atoms with Crippen molar-refractivity contribution in [2.75, 3.05) is 19.1 Å². The summed E-state index contributed by atoms with van der Waals surface area (Å²) in [7, 11) is 1.01. The molecular formula is C14H23NO2S. The molecular weight excluding hydrogens is 246 g/mol. The van der Waals surface area contributed by atoms with Crippen LogP contribution in [0, 0.1) is 0 Å². The molecule has 1 aromatic rings. The highest BCUT2D eigenvalue weighted by Crippen LogP contribution is 2.10. The lowest BCUT2D eigenvalue weighted by Gasteiger charge is -2.15. The Kier molecular flexibility index (Phi) is 7.16. The second-order valence-electron chi connectivity index (χ2n) is 4.55. The van der Waals surface area contributed by atoms with Gasteiger partial charge >= 0.3 is 0 Å². The standard InChI is InChI=1S/C14H23NO2S/c1-12(8-9-18(3)16)15-10-13-6-4-5-7-14(13)11-17-2/h4-7,12,15H,8-11H2,1-3H3. The van der Waals surface area contributed by atoms with Gasteiger partial charge in [-0.3, -0.25) is 4.21 Å². The van der Waals surface area contributed by atoms with Crippen LogP contribution in [0.25, 0.3) is 0 Å². The predicted octanol–water partition coefficient (Wildman–Crippen LogP) is 2.08. The molecule has 0 spiro atoms. The van der Waals surface area contributed by atoms with Crippen LogP contribution in [-0.2, 0) is 28.7 Å². The van der Waals surface area contributed by atoms with E-state index in [1.54, 1.807) is 13.4 Å². The van der Waals surface area contributed by atoms with Crippen LogP contribution in [0.2, 0.25) is 0 Å². The van der Waals surface area contributed by atoms with Crippen molar-refractivity contribution in [2.45, 2.75) is 32.5 Å². The zero-order chi connectivity index (χ0) is 13.4. The zero-order valence-corrected chi connectivity index (χ0v) is 12.3. The van der Waals surface area contributed by atoms with Crippen LogP contribution < -0.4 is 5.32 Å². The van der Waals surface area contributed by atoms with E-state index < -0.39 is 10.8 Å². The number of methoxy groups -OCH3 is 1. The molecule has 0 aliphatic carbocycles. The Hall–Kier alpha value is -0.710. The summed E-state index contributed by atoms with van der Waals surface area (Å²) in [6, 6.07) is 8.66. The van der Waals surface area contributed by atoms with Gasteiger partial charge in [-0.15, -0.1) is 0 Å². The van der Waals surface area contributed by atoms with Crippen molar-refractivity contribution in [3.8, 4) is 0 Å². The fourth-order valence-corrected chi connectivity index (χ4v) is 2.44. The van der Waals surface area contributed by atoms with Crippen LogP contribution in [0.15, 0.2) is 24.3 Å². The van der Waals surface area contributed by atoms with Crippen LogP contribution in [0.1, 0.15) is 24.5 Å². The molecule has 0 aliphatic rings. The van der Waals surface area contributed by atoms with Gasteiger partial charge in [-0.05, 0) is 24.5 Å². The van der Waals surface area contributed by atoms with Crippen molar-refractivity contribution in [3.05, 3.63) is 35.4 Å². The highest BCUT2D eigenvalue weighted by Gasteiger charge is 2.05. The van der Waals surface area contributed by atoms with Gasteiger partial charge in [0.05, 0.1) is 6.61 Å². The van der Waals surface area contributed by atoms with Crippen LogP contribution >= 0.6 is 0 Å². The fraction of sp³-hybridized carbons (Fsp3) is 0.571. The van der Waals surface area contributed by atoms with Crippen molar-refractivity contribution in [2.24, 2.45) is 0 Å². The van der Waals surface area contributed by atoms with Gasteiger partial charge in [0.2, 0.25) is 0 Å². The van der Waals surface area contributed by atoms with E-state index in [9.17, 15) is 4.21 Å². The van der Waals surface area contributed by atoms with Gasteiger partial charge in [-0.25, -0.2) is 0 Å². The molecule has 0 radical (unpaired) electrons. The highest BCUT2D eigenvalue weighted by molar-refractivity contribution is 7.84. The second kappa shape index (κ2) is 8.40. The lowest BCUT2D eigenvalue weighted by molar-refractivity contribution is 0.184. The van der Waals surface area contributed by atoms with Crippen LogP contribution in [0.5, 0.6) is 0 Å². The van der Waals surface area contributed by atoms with Gasteiger partial charge in [-0.1, -0.05) is 24.3 Å². The Bertz CT molecular complexity index is 382. The number of rotatable bonds is 8. The summed E-state index contributed by atoms with van der Waals surface area (Å²) in [4.78, 5) is 0. The quantitative estimate of drug-likeness (QED) is 0.785. The fourth-order valence-electron chi connectivity index (χ4n) is 1.76. The van der Waals surface area contributed by atoms with Gasteiger partial charge < -0.3 is 10.1 Å². The first-order valence-corrected chi connectivity index (χ1v) is 7.95.